The van der Waals surface area contributed by atoms with Crippen LogP contribution in [0.5, 0.6) is 11.5 Å². The van der Waals surface area contributed by atoms with Crippen molar-refractivity contribution in [2.24, 2.45) is 11.7 Å². The number of amides is 1. The predicted molar refractivity (Wildman–Crippen MR) is 104 cm³/mol. The van der Waals surface area contributed by atoms with E-state index in [9.17, 15) is 13.2 Å². The monoisotopic (exact) mass is 393 g/mol. The number of benzene rings is 2. The fraction of sp³-hybridized carbons (Fsp3) is 0.278. The Labute approximate surface area is 158 Å². The van der Waals surface area contributed by atoms with Gasteiger partial charge in [0.1, 0.15) is 16.4 Å². The number of nitrogens with one attached hydrogen (secondary N) is 2. The number of anilines is 2. The maximum atomic E-state index is 12.8. The van der Waals surface area contributed by atoms with Gasteiger partial charge >= 0.3 is 0 Å². The lowest BCUT2D eigenvalue weighted by Crippen LogP contribution is -2.26. The lowest BCUT2D eigenvalue weighted by atomic mass is 10.1. The minimum absolute atomic E-state index is 0.0981. The smallest absolute Gasteiger partial charge is 0.265 e. The number of nitrogens with two attached hydrogens (primary N) is 1. The Morgan fingerprint density at radius 3 is 2.26 bits per heavy atom. The maximum Gasteiger partial charge on any atom is 0.265 e. The molecule has 0 heterocycles. The average molecular weight is 393 g/mol. The number of carbonyl (C=O) groups excluding carboxylic acids is 1. The van der Waals surface area contributed by atoms with Gasteiger partial charge in [-0.1, -0.05) is 6.92 Å². The van der Waals surface area contributed by atoms with Gasteiger partial charge in [0.15, 0.2) is 0 Å². The molecule has 0 radical (unpaired) electrons. The first-order valence-corrected chi connectivity index (χ1v) is 9.65. The molecule has 1 atom stereocenters. The number of sulfonamides is 1. The topological polar surface area (TPSA) is 120 Å². The molecule has 2 aromatic carbocycles. The van der Waals surface area contributed by atoms with Crippen molar-refractivity contribution < 1.29 is 22.7 Å². The van der Waals surface area contributed by atoms with Gasteiger partial charge in [-0.2, -0.15) is 0 Å². The Hall–Kier alpha value is -2.78. The van der Waals surface area contributed by atoms with Crippen molar-refractivity contribution in [2.45, 2.75) is 11.8 Å². The highest BCUT2D eigenvalue weighted by Gasteiger charge is 2.21. The fourth-order valence-electron chi connectivity index (χ4n) is 2.21. The summed E-state index contributed by atoms with van der Waals surface area (Å²) >= 11 is 0. The largest absolute Gasteiger partial charge is 0.497 e. The summed E-state index contributed by atoms with van der Waals surface area (Å²) in [4.78, 5) is 11.9. The van der Waals surface area contributed by atoms with E-state index in [1.165, 1.54) is 26.4 Å². The lowest BCUT2D eigenvalue weighted by Gasteiger charge is -2.15. The van der Waals surface area contributed by atoms with E-state index in [0.29, 0.717) is 17.1 Å². The summed E-state index contributed by atoms with van der Waals surface area (Å²) in [5.41, 5.74) is 6.18. The third-order valence-corrected chi connectivity index (χ3v) is 5.27. The highest BCUT2D eigenvalue weighted by Crippen LogP contribution is 2.29. The summed E-state index contributed by atoms with van der Waals surface area (Å²) in [6.45, 7) is 1.87. The SMILES string of the molecule is COc1ccc(NS(=O)(=O)c2cc(NC(=O)C(C)CN)ccc2OC)cc1. The van der Waals surface area contributed by atoms with Crippen LogP contribution in [0.3, 0.4) is 0 Å². The molecule has 9 heteroatoms. The Balaban J connectivity index is 2.32. The molecule has 2 aromatic rings. The molecule has 0 aliphatic rings. The molecule has 0 saturated heterocycles. The van der Waals surface area contributed by atoms with Crippen molar-refractivity contribution >= 4 is 27.3 Å². The number of methoxy groups -OCH3 is 2. The van der Waals surface area contributed by atoms with Gasteiger partial charge < -0.3 is 20.5 Å². The van der Waals surface area contributed by atoms with Crippen LogP contribution in [0.4, 0.5) is 11.4 Å². The molecule has 0 fully saturated rings. The molecule has 27 heavy (non-hydrogen) atoms. The summed E-state index contributed by atoms with van der Waals surface area (Å²) in [6.07, 6.45) is 0. The van der Waals surface area contributed by atoms with Crippen LogP contribution in [0.1, 0.15) is 6.92 Å². The van der Waals surface area contributed by atoms with E-state index in [4.69, 9.17) is 15.2 Å². The second kappa shape index (κ2) is 8.74. The highest BCUT2D eigenvalue weighted by molar-refractivity contribution is 7.92. The normalized spacial score (nSPS) is 12.1. The summed E-state index contributed by atoms with van der Waals surface area (Å²) in [5.74, 6) is 0.0638. The van der Waals surface area contributed by atoms with E-state index in [2.05, 4.69) is 10.0 Å². The molecule has 0 aliphatic carbocycles. The molecular formula is C18H23N3O5S. The first-order valence-electron chi connectivity index (χ1n) is 8.16. The summed E-state index contributed by atoms with van der Waals surface area (Å²) in [5, 5.41) is 2.65. The van der Waals surface area contributed by atoms with Gasteiger partial charge in [-0.05, 0) is 42.5 Å². The fourth-order valence-corrected chi connectivity index (χ4v) is 3.46. The molecule has 0 aromatic heterocycles. The molecule has 0 aliphatic heterocycles. The van der Waals surface area contributed by atoms with Gasteiger partial charge in [0.25, 0.3) is 10.0 Å². The zero-order chi connectivity index (χ0) is 20.0. The summed E-state index contributed by atoms with van der Waals surface area (Å²) in [6, 6.07) is 10.8. The van der Waals surface area contributed by atoms with Crippen LogP contribution < -0.4 is 25.2 Å². The minimum Gasteiger partial charge on any atom is -0.497 e. The summed E-state index contributed by atoms with van der Waals surface area (Å²) in [7, 11) is -1.06. The van der Waals surface area contributed by atoms with Gasteiger partial charge in [0.2, 0.25) is 5.91 Å². The standard InChI is InChI=1S/C18H23N3O5S/c1-12(11-19)18(22)20-14-6-9-16(26-3)17(10-14)27(23,24)21-13-4-7-15(25-2)8-5-13/h4-10,12,21H,11,19H2,1-3H3,(H,20,22). The van der Waals surface area contributed by atoms with Crippen molar-refractivity contribution in [1.29, 1.82) is 0 Å². The van der Waals surface area contributed by atoms with Gasteiger partial charge in [-0.15, -0.1) is 0 Å². The number of ether oxygens (including phenoxy) is 2. The second-order valence-corrected chi connectivity index (χ2v) is 7.48. The van der Waals surface area contributed by atoms with Crippen molar-refractivity contribution in [3.05, 3.63) is 42.5 Å². The Morgan fingerprint density at radius 1 is 1.07 bits per heavy atom. The number of carbonyl (C=O) groups is 1. The third-order valence-electron chi connectivity index (χ3n) is 3.86. The molecule has 4 N–H and O–H groups in total. The van der Waals surface area contributed by atoms with Crippen molar-refractivity contribution in [3.63, 3.8) is 0 Å². The second-order valence-electron chi connectivity index (χ2n) is 5.83. The number of hydrogen-bond donors (Lipinski definition) is 3. The molecule has 0 saturated carbocycles. The lowest BCUT2D eigenvalue weighted by molar-refractivity contribution is -0.119. The molecular weight excluding hydrogens is 370 g/mol. The van der Waals surface area contributed by atoms with Crippen molar-refractivity contribution in [3.8, 4) is 11.5 Å². The van der Waals surface area contributed by atoms with Gasteiger partial charge in [0, 0.05) is 23.8 Å². The van der Waals surface area contributed by atoms with E-state index < -0.39 is 15.9 Å². The Bertz CT molecular complexity index is 898. The molecule has 1 unspecified atom stereocenters. The Morgan fingerprint density at radius 2 is 1.70 bits per heavy atom. The van der Waals surface area contributed by atoms with Gasteiger partial charge in [-0.25, -0.2) is 8.42 Å². The van der Waals surface area contributed by atoms with Gasteiger partial charge in [0.05, 0.1) is 14.2 Å². The van der Waals surface area contributed by atoms with Crippen LogP contribution in [0.15, 0.2) is 47.4 Å². The zero-order valence-corrected chi connectivity index (χ0v) is 16.2. The maximum absolute atomic E-state index is 12.8. The van der Waals surface area contributed by atoms with Crippen LogP contribution in [0, 0.1) is 5.92 Å². The average Bonchev–Trinajstić information content (AvgIpc) is 2.67. The molecule has 8 nitrogen and oxygen atoms in total. The first-order chi connectivity index (χ1) is 12.8. The van der Waals surface area contributed by atoms with Crippen LogP contribution in [0.25, 0.3) is 0 Å². The van der Waals surface area contributed by atoms with Crippen LogP contribution in [-0.4, -0.2) is 35.1 Å². The third kappa shape index (κ3) is 5.11. The molecule has 2 rings (SSSR count). The quantitative estimate of drug-likeness (QED) is 0.631. The van der Waals surface area contributed by atoms with Crippen LogP contribution in [0.2, 0.25) is 0 Å². The van der Waals surface area contributed by atoms with E-state index in [1.54, 1.807) is 37.3 Å². The van der Waals surface area contributed by atoms with Gasteiger partial charge in [-0.3, -0.25) is 9.52 Å². The Kier molecular flexibility index (Phi) is 6.65. The van der Waals surface area contributed by atoms with Crippen LogP contribution >= 0.6 is 0 Å². The molecule has 0 bridgehead atoms. The van der Waals surface area contributed by atoms with Crippen molar-refractivity contribution in [2.75, 3.05) is 30.8 Å². The first kappa shape index (κ1) is 20.5. The van der Waals surface area contributed by atoms with Crippen LogP contribution in [-0.2, 0) is 14.8 Å². The highest BCUT2D eigenvalue weighted by atomic mass is 32.2. The predicted octanol–water partition coefficient (Wildman–Crippen LogP) is 2.04. The van der Waals surface area contributed by atoms with Crippen molar-refractivity contribution in [1.82, 2.24) is 0 Å². The minimum atomic E-state index is -3.95. The molecule has 146 valence electrons. The zero-order valence-electron chi connectivity index (χ0n) is 15.4. The van der Waals surface area contributed by atoms with E-state index >= 15 is 0 Å². The number of hydrogen-bond acceptors (Lipinski definition) is 6. The number of rotatable bonds is 8. The van der Waals surface area contributed by atoms with E-state index in [0.717, 1.165) is 0 Å². The molecule has 1 amide bonds. The molecule has 0 spiro atoms. The van der Waals surface area contributed by atoms with E-state index in [-0.39, 0.29) is 23.1 Å². The summed E-state index contributed by atoms with van der Waals surface area (Å²) < 4.78 is 38.3. The van der Waals surface area contributed by atoms with E-state index in [1.807, 2.05) is 0 Å².